The van der Waals surface area contributed by atoms with E-state index in [0.717, 1.165) is 30.9 Å². The number of hydrogen-bond acceptors (Lipinski definition) is 3. The van der Waals surface area contributed by atoms with Crippen LogP contribution in [0.25, 0.3) is 0 Å². The molecule has 0 spiro atoms. The fraction of sp³-hybridized carbons (Fsp3) is 0.350. The molecule has 4 nitrogen and oxygen atoms in total. The maximum atomic E-state index is 12.6. The second-order valence-corrected chi connectivity index (χ2v) is 6.33. The van der Waals surface area contributed by atoms with Gasteiger partial charge in [-0.3, -0.25) is 4.79 Å². The minimum atomic E-state index is -0.0958. The lowest BCUT2D eigenvalue weighted by Gasteiger charge is -2.30. The van der Waals surface area contributed by atoms with Crippen LogP contribution in [0.2, 0.25) is 0 Å². The van der Waals surface area contributed by atoms with Crippen molar-refractivity contribution in [1.82, 2.24) is 0 Å². The van der Waals surface area contributed by atoms with Gasteiger partial charge in [-0.05, 0) is 61.6 Å². The van der Waals surface area contributed by atoms with Gasteiger partial charge >= 0.3 is 0 Å². The minimum absolute atomic E-state index is 0.0958. The van der Waals surface area contributed by atoms with E-state index in [9.17, 15) is 4.79 Å². The predicted octanol–water partition coefficient (Wildman–Crippen LogP) is 4.07. The van der Waals surface area contributed by atoms with Gasteiger partial charge in [-0.1, -0.05) is 19.1 Å². The lowest BCUT2D eigenvalue weighted by Crippen LogP contribution is -2.30. The molecule has 0 radical (unpaired) electrons. The number of amides is 1. The molecule has 1 aliphatic rings. The summed E-state index contributed by atoms with van der Waals surface area (Å²) in [6, 6.07) is 13.5. The average molecular weight is 323 g/mol. The van der Waals surface area contributed by atoms with Crippen molar-refractivity contribution in [1.29, 1.82) is 0 Å². The van der Waals surface area contributed by atoms with Gasteiger partial charge in [-0.25, -0.2) is 0 Å². The van der Waals surface area contributed by atoms with Crippen LogP contribution in [0, 0.1) is 0 Å². The Morgan fingerprint density at radius 3 is 2.46 bits per heavy atom. The quantitative estimate of drug-likeness (QED) is 0.834. The summed E-state index contributed by atoms with van der Waals surface area (Å²) in [4.78, 5) is 14.9. The van der Waals surface area contributed by atoms with E-state index in [4.69, 9.17) is 5.73 Å². The Hall–Kier alpha value is -2.49. The zero-order valence-corrected chi connectivity index (χ0v) is 14.2. The van der Waals surface area contributed by atoms with Gasteiger partial charge in [-0.2, -0.15) is 0 Å². The van der Waals surface area contributed by atoms with Crippen LogP contribution in [0.1, 0.15) is 42.1 Å². The Morgan fingerprint density at radius 1 is 1.08 bits per heavy atom. The van der Waals surface area contributed by atoms with Gasteiger partial charge in [0.15, 0.2) is 0 Å². The molecule has 1 fully saturated rings. The molecule has 0 bridgehead atoms. The highest BCUT2D eigenvalue weighted by Crippen LogP contribution is 2.30. The SMILES string of the molecule is CCc1ccc(C(=O)Nc2cc(N)ccc2N2CCCCC2)cc1. The Kier molecular flexibility index (Phi) is 5.04. The number of nitrogens with zero attached hydrogens (tertiary/aromatic N) is 1. The maximum Gasteiger partial charge on any atom is 0.255 e. The van der Waals surface area contributed by atoms with Crippen molar-refractivity contribution in [3.05, 3.63) is 53.6 Å². The number of hydrogen-bond donors (Lipinski definition) is 2. The first-order valence-electron chi connectivity index (χ1n) is 8.72. The smallest absolute Gasteiger partial charge is 0.255 e. The Morgan fingerprint density at radius 2 is 1.79 bits per heavy atom. The van der Waals surface area contributed by atoms with Crippen molar-refractivity contribution in [2.75, 3.05) is 29.0 Å². The largest absolute Gasteiger partial charge is 0.399 e. The van der Waals surface area contributed by atoms with Gasteiger partial charge in [0, 0.05) is 24.3 Å². The van der Waals surface area contributed by atoms with Crippen molar-refractivity contribution in [3.8, 4) is 0 Å². The van der Waals surface area contributed by atoms with Gasteiger partial charge in [0.1, 0.15) is 0 Å². The monoisotopic (exact) mass is 323 g/mol. The molecule has 3 N–H and O–H groups in total. The first-order valence-corrected chi connectivity index (χ1v) is 8.72. The van der Waals surface area contributed by atoms with Crippen LogP contribution in [0.5, 0.6) is 0 Å². The number of aryl methyl sites for hydroxylation is 1. The summed E-state index contributed by atoms with van der Waals surface area (Å²) in [5.74, 6) is -0.0958. The molecule has 0 saturated carbocycles. The van der Waals surface area contributed by atoms with Crippen molar-refractivity contribution in [3.63, 3.8) is 0 Å². The van der Waals surface area contributed by atoms with E-state index in [2.05, 4.69) is 17.1 Å². The number of piperidine rings is 1. The van der Waals surface area contributed by atoms with E-state index in [-0.39, 0.29) is 5.91 Å². The zero-order valence-electron chi connectivity index (χ0n) is 14.2. The summed E-state index contributed by atoms with van der Waals surface area (Å²) < 4.78 is 0. The number of carbonyl (C=O) groups excluding carboxylic acids is 1. The summed E-state index contributed by atoms with van der Waals surface area (Å²) in [6.45, 7) is 4.16. The molecule has 24 heavy (non-hydrogen) atoms. The molecule has 2 aromatic rings. The third kappa shape index (κ3) is 3.70. The molecule has 1 aliphatic heterocycles. The molecule has 0 aliphatic carbocycles. The van der Waals surface area contributed by atoms with Crippen LogP contribution in [0.3, 0.4) is 0 Å². The van der Waals surface area contributed by atoms with Crippen LogP contribution in [-0.4, -0.2) is 19.0 Å². The van der Waals surface area contributed by atoms with Gasteiger partial charge in [0.05, 0.1) is 11.4 Å². The number of nitrogen functional groups attached to an aromatic ring is 1. The summed E-state index contributed by atoms with van der Waals surface area (Å²) in [7, 11) is 0. The highest BCUT2D eigenvalue weighted by Gasteiger charge is 2.16. The minimum Gasteiger partial charge on any atom is -0.399 e. The van der Waals surface area contributed by atoms with E-state index in [0.29, 0.717) is 11.3 Å². The second-order valence-electron chi connectivity index (χ2n) is 6.33. The van der Waals surface area contributed by atoms with Crippen LogP contribution in [0.15, 0.2) is 42.5 Å². The maximum absolute atomic E-state index is 12.6. The molecule has 0 unspecified atom stereocenters. The standard InChI is InChI=1S/C20H25N3O/c1-2-15-6-8-16(9-7-15)20(24)22-18-14-17(21)10-11-19(18)23-12-4-3-5-13-23/h6-11,14H,2-5,12-13,21H2,1H3,(H,22,24). The highest BCUT2D eigenvalue weighted by molar-refractivity contribution is 6.06. The molecule has 2 aromatic carbocycles. The lowest BCUT2D eigenvalue weighted by atomic mass is 10.1. The topological polar surface area (TPSA) is 58.4 Å². The third-order valence-electron chi connectivity index (χ3n) is 4.59. The van der Waals surface area contributed by atoms with E-state index in [1.54, 1.807) is 0 Å². The fourth-order valence-corrected chi connectivity index (χ4v) is 3.15. The summed E-state index contributed by atoms with van der Waals surface area (Å²) >= 11 is 0. The molecule has 0 atom stereocenters. The van der Waals surface area contributed by atoms with E-state index >= 15 is 0 Å². The van der Waals surface area contributed by atoms with Crippen molar-refractivity contribution < 1.29 is 4.79 Å². The first-order chi connectivity index (χ1) is 11.7. The summed E-state index contributed by atoms with van der Waals surface area (Å²) in [5.41, 5.74) is 10.3. The summed E-state index contributed by atoms with van der Waals surface area (Å²) in [6.07, 6.45) is 4.62. The van der Waals surface area contributed by atoms with Crippen LogP contribution in [-0.2, 0) is 6.42 Å². The van der Waals surface area contributed by atoms with Gasteiger partial charge in [-0.15, -0.1) is 0 Å². The fourth-order valence-electron chi connectivity index (χ4n) is 3.15. The first kappa shape index (κ1) is 16.4. The normalized spacial score (nSPS) is 14.5. The second kappa shape index (κ2) is 7.39. The van der Waals surface area contributed by atoms with Crippen molar-refractivity contribution in [2.45, 2.75) is 32.6 Å². The lowest BCUT2D eigenvalue weighted by molar-refractivity contribution is 0.102. The van der Waals surface area contributed by atoms with Crippen LogP contribution in [0.4, 0.5) is 17.1 Å². The number of nitrogens with two attached hydrogens (primary N) is 1. The number of carbonyl (C=O) groups is 1. The van der Waals surface area contributed by atoms with Gasteiger partial charge in [0.2, 0.25) is 0 Å². The molecule has 126 valence electrons. The predicted molar refractivity (Wildman–Crippen MR) is 101 cm³/mol. The van der Waals surface area contributed by atoms with Crippen LogP contribution < -0.4 is 16.0 Å². The molecule has 4 heteroatoms. The van der Waals surface area contributed by atoms with Crippen LogP contribution >= 0.6 is 0 Å². The summed E-state index contributed by atoms with van der Waals surface area (Å²) in [5, 5.41) is 3.04. The van der Waals surface area contributed by atoms with E-state index in [1.807, 2.05) is 42.5 Å². The highest BCUT2D eigenvalue weighted by atomic mass is 16.1. The molecular formula is C20H25N3O. The molecular weight excluding hydrogens is 298 g/mol. The molecule has 0 aromatic heterocycles. The molecule has 1 saturated heterocycles. The number of rotatable bonds is 4. The Balaban J connectivity index is 1.82. The number of nitrogens with one attached hydrogen (secondary N) is 1. The Bertz CT molecular complexity index is 703. The van der Waals surface area contributed by atoms with E-state index in [1.165, 1.54) is 24.8 Å². The number of anilines is 3. The number of benzene rings is 2. The average Bonchev–Trinajstić information content (AvgIpc) is 2.62. The molecule has 1 heterocycles. The van der Waals surface area contributed by atoms with E-state index < -0.39 is 0 Å². The third-order valence-corrected chi connectivity index (χ3v) is 4.59. The molecule has 3 rings (SSSR count). The van der Waals surface area contributed by atoms with Crippen molar-refractivity contribution in [2.24, 2.45) is 0 Å². The Labute approximate surface area is 143 Å². The van der Waals surface area contributed by atoms with Gasteiger partial charge in [0.25, 0.3) is 5.91 Å². The van der Waals surface area contributed by atoms with Crippen molar-refractivity contribution >= 4 is 23.0 Å². The zero-order chi connectivity index (χ0) is 16.9. The molecule has 1 amide bonds. The van der Waals surface area contributed by atoms with Gasteiger partial charge < -0.3 is 16.0 Å².